The molecule has 0 bridgehead atoms. The maximum Gasteiger partial charge on any atom is 0.136 e. The summed E-state index contributed by atoms with van der Waals surface area (Å²) in [6, 6.07) is 12.7. The zero-order valence-corrected chi connectivity index (χ0v) is 10.8. The molecule has 0 N–H and O–H groups in total. The van der Waals surface area contributed by atoms with Crippen LogP contribution >= 0.6 is 0 Å². The minimum absolute atomic E-state index is 0.428. The molecule has 1 heterocycles. The molecule has 1 nitrogen and oxygen atoms in total. The van der Waals surface area contributed by atoms with E-state index >= 15 is 0 Å². The summed E-state index contributed by atoms with van der Waals surface area (Å²) in [5, 5.41) is 4.99. The van der Waals surface area contributed by atoms with Crippen molar-refractivity contribution in [2.24, 2.45) is 5.92 Å². The van der Waals surface area contributed by atoms with Gasteiger partial charge in [0.2, 0.25) is 0 Å². The van der Waals surface area contributed by atoms with E-state index in [0.717, 1.165) is 11.0 Å². The lowest BCUT2D eigenvalue weighted by molar-refractivity contribution is 0.576. The van der Waals surface area contributed by atoms with Gasteiger partial charge in [0, 0.05) is 10.6 Å². The summed E-state index contributed by atoms with van der Waals surface area (Å²) in [6.07, 6.45) is 8.61. The Morgan fingerprint density at radius 3 is 2.89 bits per heavy atom. The van der Waals surface area contributed by atoms with Crippen LogP contribution in [-0.4, -0.2) is 0 Å². The number of furan rings is 1. The molecule has 0 unspecified atom stereocenters. The average molecular weight is 246 g/mol. The third kappa shape index (κ3) is 1.55. The molecular formula is C18H14O. The molecule has 0 fully saturated rings. The topological polar surface area (TPSA) is 13.1 Å². The van der Waals surface area contributed by atoms with Crippen LogP contribution in [0.4, 0.5) is 0 Å². The molecule has 1 aliphatic rings. The number of fused-ring (bicyclic) bond motifs is 5. The Morgan fingerprint density at radius 1 is 1.05 bits per heavy atom. The molecule has 0 saturated heterocycles. The molecule has 1 aliphatic carbocycles. The quantitative estimate of drug-likeness (QED) is 0.593. The summed E-state index contributed by atoms with van der Waals surface area (Å²) in [4.78, 5) is 0. The van der Waals surface area contributed by atoms with Gasteiger partial charge in [-0.25, -0.2) is 0 Å². The molecule has 1 heteroatoms. The fourth-order valence-corrected chi connectivity index (χ4v) is 2.84. The Labute approximate surface area is 111 Å². The third-order valence-corrected chi connectivity index (χ3v) is 3.74. The highest BCUT2D eigenvalue weighted by atomic mass is 16.3. The van der Waals surface area contributed by atoms with Crippen LogP contribution in [0.3, 0.4) is 0 Å². The molecule has 0 aliphatic heterocycles. The summed E-state index contributed by atoms with van der Waals surface area (Å²) in [5.41, 5.74) is 1.94. The van der Waals surface area contributed by atoms with E-state index in [2.05, 4.69) is 67.6 Å². The van der Waals surface area contributed by atoms with Crippen LogP contribution < -0.4 is 10.6 Å². The largest absolute Gasteiger partial charge is 0.456 e. The number of benzene rings is 2. The number of allylic oxidation sites excluding steroid dienone is 2. The summed E-state index contributed by atoms with van der Waals surface area (Å²) >= 11 is 0. The van der Waals surface area contributed by atoms with E-state index in [9.17, 15) is 0 Å². The molecule has 1 aromatic heterocycles. The second-order valence-corrected chi connectivity index (χ2v) is 5.12. The van der Waals surface area contributed by atoms with Gasteiger partial charge in [0.05, 0.1) is 0 Å². The van der Waals surface area contributed by atoms with Gasteiger partial charge in [-0.3, -0.25) is 0 Å². The highest BCUT2D eigenvalue weighted by molar-refractivity contribution is 6.06. The summed E-state index contributed by atoms with van der Waals surface area (Å²) < 4.78 is 5.99. The van der Waals surface area contributed by atoms with E-state index in [1.165, 1.54) is 21.4 Å². The van der Waals surface area contributed by atoms with Crippen molar-refractivity contribution in [3.05, 3.63) is 59.2 Å². The minimum Gasteiger partial charge on any atom is -0.456 e. The van der Waals surface area contributed by atoms with Gasteiger partial charge in [-0.1, -0.05) is 55.5 Å². The van der Waals surface area contributed by atoms with Crippen LogP contribution in [0.2, 0.25) is 0 Å². The molecule has 3 aromatic rings. The van der Waals surface area contributed by atoms with Gasteiger partial charge in [0.15, 0.2) is 0 Å². The van der Waals surface area contributed by atoms with Crippen LogP contribution in [0.15, 0.2) is 53.0 Å². The van der Waals surface area contributed by atoms with Crippen LogP contribution in [0, 0.1) is 5.92 Å². The van der Waals surface area contributed by atoms with E-state index in [0.29, 0.717) is 5.92 Å². The van der Waals surface area contributed by atoms with Crippen molar-refractivity contribution in [1.82, 2.24) is 0 Å². The molecule has 0 amide bonds. The van der Waals surface area contributed by atoms with Crippen molar-refractivity contribution in [1.29, 1.82) is 0 Å². The van der Waals surface area contributed by atoms with Crippen molar-refractivity contribution in [2.75, 3.05) is 0 Å². The average Bonchev–Trinajstić information content (AvgIpc) is 2.67. The molecule has 4 rings (SSSR count). The molecule has 92 valence electrons. The smallest absolute Gasteiger partial charge is 0.136 e. The van der Waals surface area contributed by atoms with Crippen LogP contribution in [0.5, 0.6) is 0 Å². The SMILES string of the molecule is C[C@H]1C=CC=c2oc3ccc4ccccc4c3c2=C1. The van der Waals surface area contributed by atoms with Crippen LogP contribution in [0.25, 0.3) is 33.9 Å². The lowest BCUT2D eigenvalue weighted by Crippen LogP contribution is -2.19. The zero-order chi connectivity index (χ0) is 12.8. The monoisotopic (exact) mass is 246 g/mol. The second-order valence-electron chi connectivity index (χ2n) is 5.12. The highest BCUT2D eigenvalue weighted by Crippen LogP contribution is 2.22. The van der Waals surface area contributed by atoms with Crippen LogP contribution in [-0.2, 0) is 0 Å². The van der Waals surface area contributed by atoms with E-state index in [-0.39, 0.29) is 0 Å². The minimum atomic E-state index is 0.428. The third-order valence-electron chi connectivity index (χ3n) is 3.74. The Balaban J connectivity index is 2.31. The number of hydrogen-bond donors (Lipinski definition) is 0. The number of hydrogen-bond acceptors (Lipinski definition) is 1. The first-order valence-corrected chi connectivity index (χ1v) is 6.63. The number of rotatable bonds is 0. The molecular weight excluding hydrogens is 232 g/mol. The highest BCUT2D eigenvalue weighted by Gasteiger charge is 2.09. The fourth-order valence-electron chi connectivity index (χ4n) is 2.84. The van der Waals surface area contributed by atoms with Gasteiger partial charge in [-0.05, 0) is 28.8 Å². The lowest BCUT2D eigenvalue weighted by Gasteiger charge is -1.99. The molecule has 0 radical (unpaired) electrons. The predicted molar refractivity (Wildman–Crippen MR) is 80.2 cm³/mol. The Bertz CT molecular complexity index is 925. The molecule has 2 aromatic carbocycles. The van der Waals surface area contributed by atoms with E-state index in [1.54, 1.807) is 0 Å². The first-order valence-electron chi connectivity index (χ1n) is 6.63. The standard InChI is InChI=1S/C18H14O/c1-12-5-4-8-16-15(11-12)18-14-7-3-2-6-13(14)9-10-17(18)19-16/h2-12H,1H3/t12-/m0/s1. The Hall–Kier alpha value is -2.28. The lowest BCUT2D eigenvalue weighted by atomic mass is 10.0. The van der Waals surface area contributed by atoms with E-state index < -0.39 is 0 Å². The molecule has 0 spiro atoms. The molecule has 0 saturated carbocycles. The summed E-state index contributed by atoms with van der Waals surface area (Å²) in [7, 11) is 0. The first kappa shape index (κ1) is 10.6. The Morgan fingerprint density at radius 2 is 1.95 bits per heavy atom. The molecule has 1 atom stereocenters. The normalized spacial score (nSPS) is 17.8. The maximum absolute atomic E-state index is 5.99. The summed E-state index contributed by atoms with van der Waals surface area (Å²) in [5.74, 6) is 0.428. The second kappa shape index (κ2) is 3.86. The fraction of sp³-hybridized carbons (Fsp3) is 0.111. The first-order chi connectivity index (χ1) is 9.33. The van der Waals surface area contributed by atoms with Gasteiger partial charge >= 0.3 is 0 Å². The van der Waals surface area contributed by atoms with E-state index in [1.807, 2.05) is 0 Å². The predicted octanol–water partition coefficient (Wildman–Crippen LogP) is 3.35. The summed E-state index contributed by atoms with van der Waals surface area (Å²) in [6.45, 7) is 2.20. The van der Waals surface area contributed by atoms with Crippen molar-refractivity contribution in [2.45, 2.75) is 6.92 Å². The van der Waals surface area contributed by atoms with Gasteiger partial charge in [-0.15, -0.1) is 0 Å². The van der Waals surface area contributed by atoms with E-state index in [4.69, 9.17) is 4.42 Å². The van der Waals surface area contributed by atoms with Gasteiger partial charge in [0.1, 0.15) is 11.0 Å². The molecule has 19 heavy (non-hydrogen) atoms. The van der Waals surface area contributed by atoms with Gasteiger partial charge in [0.25, 0.3) is 0 Å². The van der Waals surface area contributed by atoms with Gasteiger partial charge < -0.3 is 4.42 Å². The van der Waals surface area contributed by atoms with Crippen molar-refractivity contribution in [3.63, 3.8) is 0 Å². The Kier molecular flexibility index (Phi) is 2.16. The van der Waals surface area contributed by atoms with Gasteiger partial charge in [-0.2, -0.15) is 0 Å². The zero-order valence-electron chi connectivity index (χ0n) is 10.8. The van der Waals surface area contributed by atoms with Crippen LogP contribution in [0.1, 0.15) is 6.92 Å². The maximum atomic E-state index is 5.99. The van der Waals surface area contributed by atoms with Crippen molar-refractivity contribution >= 4 is 33.9 Å². The van der Waals surface area contributed by atoms with Crippen molar-refractivity contribution in [3.8, 4) is 0 Å². The van der Waals surface area contributed by atoms with Crippen molar-refractivity contribution < 1.29 is 4.42 Å².